The highest BCUT2D eigenvalue weighted by atomic mass is 16.5. The number of nitrogens with two attached hydrogens (primary N) is 1. The zero-order valence-corrected chi connectivity index (χ0v) is 10.8. The fourth-order valence-electron chi connectivity index (χ4n) is 3.06. The van der Waals surface area contributed by atoms with Crippen LogP contribution >= 0.6 is 0 Å². The molecule has 1 aliphatic heterocycles. The van der Waals surface area contributed by atoms with Crippen LogP contribution in [0.3, 0.4) is 0 Å². The maximum absolute atomic E-state index is 11.3. The lowest BCUT2D eigenvalue weighted by Gasteiger charge is -2.44. The van der Waals surface area contributed by atoms with E-state index in [0.717, 1.165) is 32.5 Å². The summed E-state index contributed by atoms with van der Waals surface area (Å²) in [5, 5.41) is 0. The number of hydrogen-bond acceptors (Lipinski definition) is 3. The summed E-state index contributed by atoms with van der Waals surface area (Å²) in [7, 11) is 0. The second-order valence-corrected chi connectivity index (χ2v) is 5.49. The highest BCUT2D eigenvalue weighted by Gasteiger charge is 2.38. The average Bonchev–Trinajstić information content (AvgIpc) is 2.54. The molecule has 1 saturated heterocycles. The van der Waals surface area contributed by atoms with Crippen LogP contribution in [0.1, 0.15) is 45.4 Å². The molecule has 0 aromatic carbocycles. The topological polar surface area (TPSA) is 55.6 Å². The largest absolute Gasteiger partial charge is 0.372 e. The molecule has 98 valence electrons. The number of ether oxygens (including phenoxy) is 1. The monoisotopic (exact) mass is 240 g/mol. The van der Waals surface area contributed by atoms with E-state index in [9.17, 15) is 4.79 Å². The molecule has 1 saturated carbocycles. The molecule has 2 fully saturated rings. The molecule has 2 rings (SSSR count). The van der Waals surface area contributed by atoms with Gasteiger partial charge in [-0.05, 0) is 19.8 Å². The molecule has 2 aliphatic rings. The number of nitrogens with zero attached hydrogens (tertiary/aromatic N) is 1. The number of hydrogen-bond donors (Lipinski definition) is 1. The van der Waals surface area contributed by atoms with E-state index in [1.54, 1.807) is 0 Å². The molecule has 1 atom stereocenters. The van der Waals surface area contributed by atoms with Gasteiger partial charge in [-0.1, -0.05) is 25.7 Å². The molecule has 1 aliphatic carbocycles. The molecule has 0 radical (unpaired) electrons. The summed E-state index contributed by atoms with van der Waals surface area (Å²) in [4.78, 5) is 13.5. The van der Waals surface area contributed by atoms with Crippen LogP contribution < -0.4 is 5.73 Å². The van der Waals surface area contributed by atoms with E-state index in [0.29, 0.717) is 0 Å². The van der Waals surface area contributed by atoms with Crippen molar-refractivity contribution in [3.05, 3.63) is 0 Å². The standard InChI is InChI=1S/C13H24N2O2/c1-11(12(14)16)15-8-9-17-13(10-15)6-4-2-3-5-7-13/h11H,2-10H2,1H3,(H2,14,16)/t11-/m0/s1. The van der Waals surface area contributed by atoms with Crippen molar-refractivity contribution in [1.29, 1.82) is 0 Å². The minimum absolute atomic E-state index is 0.00153. The summed E-state index contributed by atoms with van der Waals surface area (Å²) in [6.45, 7) is 4.33. The summed E-state index contributed by atoms with van der Waals surface area (Å²) in [5.41, 5.74) is 5.39. The van der Waals surface area contributed by atoms with Gasteiger partial charge in [0.2, 0.25) is 5.91 Å². The fraction of sp³-hybridized carbons (Fsp3) is 0.923. The average molecular weight is 240 g/mol. The first-order valence-corrected chi connectivity index (χ1v) is 6.80. The van der Waals surface area contributed by atoms with Crippen molar-refractivity contribution >= 4 is 5.91 Å². The van der Waals surface area contributed by atoms with Crippen LogP contribution in [0.25, 0.3) is 0 Å². The number of carbonyl (C=O) groups is 1. The van der Waals surface area contributed by atoms with E-state index < -0.39 is 0 Å². The minimum Gasteiger partial charge on any atom is -0.372 e. The Morgan fingerprint density at radius 3 is 2.53 bits per heavy atom. The Labute approximate surface area is 103 Å². The minimum atomic E-state index is -0.226. The van der Waals surface area contributed by atoms with Crippen LogP contribution in [-0.4, -0.2) is 42.1 Å². The first-order chi connectivity index (χ1) is 8.13. The third-order valence-electron chi connectivity index (χ3n) is 4.25. The quantitative estimate of drug-likeness (QED) is 0.791. The van der Waals surface area contributed by atoms with E-state index in [1.807, 2.05) is 6.92 Å². The molecule has 1 heterocycles. The summed E-state index contributed by atoms with van der Waals surface area (Å²) < 4.78 is 6.05. The molecule has 0 aromatic heterocycles. The molecule has 4 nitrogen and oxygen atoms in total. The Morgan fingerprint density at radius 1 is 1.29 bits per heavy atom. The molecule has 0 unspecified atom stereocenters. The van der Waals surface area contributed by atoms with Crippen molar-refractivity contribution in [2.45, 2.75) is 57.1 Å². The van der Waals surface area contributed by atoms with Gasteiger partial charge in [0.15, 0.2) is 0 Å². The Morgan fingerprint density at radius 2 is 1.94 bits per heavy atom. The first kappa shape index (κ1) is 12.8. The fourth-order valence-corrected chi connectivity index (χ4v) is 3.06. The molecular formula is C13H24N2O2. The molecular weight excluding hydrogens is 216 g/mol. The van der Waals surface area contributed by atoms with Crippen molar-refractivity contribution in [3.63, 3.8) is 0 Å². The van der Waals surface area contributed by atoms with Gasteiger partial charge < -0.3 is 10.5 Å². The van der Waals surface area contributed by atoms with Gasteiger partial charge in [-0.25, -0.2) is 0 Å². The predicted octanol–water partition coefficient (Wildman–Crippen LogP) is 1.29. The van der Waals surface area contributed by atoms with Crippen LogP contribution in [0.15, 0.2) is 0 Å². The van der Waals surface area contributed by atoms with Gasteiger partial charge in [0, 0.05) is 13.1 Å². The molecule has 1 amide bonds. The second kappa shape index (κ2) is 5.36. The Hall–Kier alpha value is -0.610. The van der Waals surface area contributed by atoms with E-state index in [-0.39, 0.29) is 17.6 Å². The third kappa shape index (κ3) is 2.99. The molecule has 0 bridgehead atoms. The van der Waals surface area contributed by atoms with Crippen molar-refractivity contribution < 1.29 is 9.53 Å². The van der Waals surface area contributed by atoms with E-state index in [1.165, 1.54) is 25.7 Å². The van der Waals surface area contributed by atoms with Gasteiger partial charge in [-0.2, -0.15) is 0 Å². The second-order valence-electron chi connectivity index (χ2n) is 5.49. The summed E-state index contributed by atoms with van der Waals surface area (Å²) >= 11 is 0. The molecule has 0 aromatic rings. The Bertz CT molecular complexity index is 273. The maximum Gasteiger partial charge on any atom is 0.234 e. The summed E-state index contributed by atoms with van der Waals surface area (Å²) in [6, 6.07) is -0.168. The Balaban J connectivity index is 2.02. The number of carbonyl (C=O) groups excluding carboxylic acids is 1. The van der Waals surface area contributed by atoms with Gasteiger partial charge in [-0.3, -0.25) is 9.69 Å². The highest BCUT2D eigenvalue weighted by Crippen LogP contribution is 2.33. The van der Waals surface area contributed by atoms with Crippen LogP contribution in [-0.2, 0) is 9.53 Å². The lowest BCUT2D eigenvalue weighted by atomic mass is 9.91. The SMILES string of the molecule is C[C@@H](C(N)=O)N1CCOC2(CCCCCC2)C1. The van der Waals surface area contributed by atoms with Crippen molar-refractivity contribution in [1.82, 2.24) is 4.90 Å². The molecule has 1 spiro atoms. The number of morpholine rings is 1. The van der Waals surface area contributed by atoms with Gasteiger partial charge in [0.1, 0.15) is 0 Å². The highest BCUT2D eigenvalue weighted by molar-refractivity contribution is 5.79. The third-order valence-corrected chi connectivity index (χ3v) is 4.25. The van der Waals surface area contributed by atoms with Crippen molar-refractivity contribution in [3.8, 4) is 0 Å². The van der Waals surface area contributed by atoms with Crippen molar-refractivity contribution in [2.75, 3.05) is 19.7 Å². The van der Waals surface area contributed by atoms with Gasteiger partial charge in [0.25, 0.3) is 0 Å². The van der Waals surface area contributed by atoms with Gasteiger partial charge >= 0.3 is 0 Å². The number of amides is 1. The van der Waals surface area contributed by atoms with Gasteiger partial charge in [-0.15, -0.1) is 0 Å². The Kier molecular flexibility index (Phi) is 4.05. The van der Waals surface area contributed by atoms with E-state index in [4.69, 9.17) is 10.5 Å². The van der Waals surface area contributed by atoms with E-state index in [2.05, 4.69) is 4.90 Å². The lowest BCUT2D eigenvalue weighted by molar-refractivity contribution is -0.139. The van der Waals surface area contributed by atoms with Crippen LogP contribution in [0.4, 0.5) is 0 Å². The van der Waals surface area contributed by atoms with Crippen LogP contribution in [0.2, 0.25) is 0 Å². The van der Waals surface area contributed by atoms with Gasteiger partial charge in [0.05, 0.1) is 18.2 Å². The first-order valence-electron chi connectivity index (χ1n) is 6.80. The van der Waals surface area contributed by atoms with E-state index >= 15 is 0 Å². The maximum atomic E-state index is 11.3. The normalized spacial score (nSPS) is 27.6. The van der Waals surface area contributed by atoms with Crippen molar-refractivity contribution in [2.24, 2.45) is 5.73 Å². The molecule has 17 heavy (non-hydrogen) atoms. The summed E-state index contributed by atoms with van der Waals surface area (Å²) in [6.07, 6.45) is 7.40. The van der Waals surface area contributed by atoms with Crippen LogP contribution in [0, 0.1) is 0 Å². The van der Waals surface area contributed by atoms with Crippen LogP contribution in [0.5, 0.6) is 0 Å². The summed E-state index contributed by atoms with van der Waals surface area (Å²) in [5.74, 6) is -0.226. The lowest BCUT2D eigenvalue weighted by Crippen LogP contribution is -2.56. The number of rotatable bonds is 2. The predicted molar refractivity (Wildman–Crippen MR) is 66.6 cm³/mol. The zero-order valence-electron chi connectivity index (χ0n) is 10.8. The zero-order chi connectivity index (χ0) is 12.3. The smallest absolute Gasteiger partial charge is 0.234 e. The molecule has 4 heteroatoms. The number of primary amides is 1. The molecule has 2 N–H and O–H groups in total.